The first-order valence-electron chi connectivity index (χ1n) is 7.18. The molecule has 0 amide bonds. The molecule has 0 unspecified atom stereocenters. The smallest absolute Gasteiger partial charge is 0.134 e. The minimum Gasteiger partial charge on any atom is -0.312 e. The molecule has 0 aliphatic carbocycles. The number of thiazole rings is 1. The summed E-state index contributed by atoms with van der Waals surface area (Å²) in [7, 11) is 0. The lowest BCUT2D eigenvalue weighted by atomic mass is 10.1. The van der Waals surface area contributed by atoms with Crippen LogP contribution >= 0.6 is 22.7 Å². The van der Waals surface area contributed by atoms with Gasteiger partial charge in [-0.3, -0.25) is 0 Å². The molecular formula is C17H18N2S2. The fourth-order valence-corrected chi connectivity index (χ4v) is 4.03. The van der Waals surface area contributed by atoms with Crippen LogP contribution < -0.4 is 5.32 Å². The van der Waals surface area contributed by atoms with Crippen molar-refractivity contribution >= 4 is 22.7 Å². The summed E-state index contributed by atoms with van der Waals surface area (Å²) in [5, 5.41) is 6.72. The standard InChI is InChI=1S/C17H18N2S2/c1-2-10-18-12-15-16(13-7-4-3-5-8-13)19-17(21-15)14-9-6-11-20-14/h3-9,11,18H,2,10,12H2,1H3. The lowest BCUT2D eigenvalue weighted by Crippen LogP contribution is -2.13. The van der Waals surface area contributed by atoms with Crippen molar-refractivity contribution in [1.82, 2.24) is 10.3 Å². The molecule has 4 heteroatoms. The number of hydrogen-bond donors (Lipinski definition) is 1. The predicted molar refractivity (Wildman–Crippen MR) is 92.9 cm³/mol. The number of thiophene rings is 1. The zero-order chi connectivity index (χ0) is 14.5. The van der Waals surface area contributed by atoms with Crippen LogP contribution in [0.15, 0.2) is 47.8 Å². The Kier molecular flexibility index (Phi) is 4.80. The Morgan fingerprint density at radius 3 is 2.67 bits per heavy atom. The van der Waals surface area contributed by atoms with Gasteiger partial charge in [-0.15, -0.1) is 22.7 Å². The van der Waals surface area contributed by atoms with E-state index in [1.54, 1.807) is 22.7 Å². The quantitative estimate of drug-likeness (QED) is 0.645. The molecule has 0 saturated heterocycles. The number of aromatic nitrogens is 1. The second kappa shape index (κ2) is 6.98. The highest BCUT2D eigenvalue weighted by Gasteiger charge is 2.14. The van der Waals surface area contributed by atoms with Gasteiger partial charge < -0.3 is 5.32 Å². The largest absolute Gasteiger partial charge is 0.312 e. The molecule has 1 aromatic carbocycles. The zero-order valence-corrected chi connectivity index (χ0v) is 13.6. The van der Waals surface area contributed by atoms with Gasteiger partial charge in [-0.2, -0.15) is 0 Å². The molecule has 1 N–H and O–H groups in total. The summed E-state index contributed by atoms with van der Waals surface area (Å²) in [6.07, 6.45) is 1.15. The van der Waals surface area contributed by atoms with E-state index in [4.69, 9.17) is 4.98 Å². The van der Waals surface area contributed by atoms with Gasteiger partial charge in [-0.25, -0.2) is 4.98 Å². The topological polar surface area (TPSA) is 24.9 Å². The van der Waals surface area contributed by atoms with Crippen LogP contribution in [0.3, 0.4) is 0 Å². The maximum absolute atomic E-state index is 4.89. The van der Waals surface area contributed by atoms with Crippen molar-refractivity contribution in [2.24, 2.45) is 0 Å². The van der Waals surface area contributed by atoms with Crippen molar-refractivity contribution < 1.29 is 0 Å². The summed E-state index contributed by atoms with van der Waals surface area (Å²) >= 11 is 3.55. The van der Waals surface area contributed by atoms with Crippen molar-refractivity contribution in [3.8, 4) is 21.1 Å². The van der Waals surface area contributed by atoms with Crippen LogP contribution in [0.2, 0.25) is 0 Å². The average Bonchev–Trinajstić information content (AvgIpc) is 3.18. The normalized spacial score (nSPS) is 10.9. The molecule has 0 spiro atoms. The molecule has 108 valence electrons. The molecule has 0 atom stereocenters. The minimum absolute atomic E-state index is 0.890. The van der Waals surface area contributed by atoms with Crippen molar-refractivity contribution in [3.05, 3.63) is 52.7 Å². The van der Waals surface area contributed by atoms with Gasteiger partial charge in [0.1, 0.15) is 5.01 Å². The van der Waals surface area contributed by atoms with Crippen LogP contribution in [0.5, 0.6) is 0 Å². The summed E-state index contributed by atoms with van der Waals surface area (Å²) < 4.78 is 0. The van der Waals surface area contributed by atoms with Crippen LogP contribution in [-0.2, 0) is 6.54 Å². The van der Waals surface area contributed by atoms with Gasteiger partial charge in [-0.05, 0) is 24.4 Å². The molecule has 0 bridgehead atoms. The summed E-state index contributed by atoms with van der Waals surface area (Å²) in [6, 6.07) is 14.7. The molecule has 0 aliphatic rings. The number of nitrogens with zero attached hydrogens (tertiary/aromatic N) is 1. The van der Waals surface area contributed by atoms with E-state index in [1.807, 2.05) is 6.07 Å². The van der Waals surface area contributed by atoms with E-state index in [9.17, 15) is 0 Å². The van der Waals surface area contributed by atoms with Gasteiger partial charge in [0.2, 0.25) is 0 Å². The molecule has 2 heterocycles. The Morgan fingerprint density at radius 1 is 1.10 bits per heavy atom. The van der Waals surface area contributed by atoms with Crippen LogP contribution in [0.4, 0.5) is 0 Å². The Balaban J connectivity index is 1.96. The lowest BCUT2D eigenvalue weighted by molar-refractivity contribution is 0.681. The first-order chi connectivity index (χ1) is 10.4. The van der Waals surface area contributed by atoms with E-state index in [-0.39, 0.29) is 0 Å². The number of hydrogen-bond acceptors (Lipinski definition) is 4. The first-order valence-corrected chi connectivity index (χ1v) is 8.88. The maximum Gasteiger partial charge on any atom is 0.134 e. The number of rotatable bonds is 6. The lowest BCUT2D eigenvalue weighted by Gasteiger charge is -2.03. The second-order valence-corrected chi connectivity index (χ2v) is 6.84. The average molecular weight is 314 g/mol. The summed E-state index contributed by atoms with van der Waals surface area (Å²) in [5.74, 6) is 0. The van der Waals surface area contributed by atoms with Crippen molar-refractivity contribution in [2.45, 2.75) is 19.9 Å². The maximum atomic E-state index is 4.89. The zero-order valence-electron chi connectivity index (χ0n) is 12.0. The van der Waals surface area contributed by atoms with E-state index in [0.717, 1.165) is 30.2 Å². The van der Waals surface area contributed by atoms with Crippen molar-refractivity contribution in [3.63, 3.8) is 0 Å². The minimum atomic E-state index is 0.890. The SMILES string of the molecule is CCCNCc1sc(-c2cccs2)nc1-c1ccccc1. The molecule has 2 aromatic heterocycles. The third-order valence-electron chi connectivity index (χ3n) is 3.19. The van der Waals surface area contributed by atoms with E-state index in [0.29, 0.717) is 0 Å². The Hall–Kier alpha value is -1.49. The van der Waals surface area contributed by atoms with Gasteiger partial charge in [-0.1, -0.05) is 43.3 Å². The fourth-order valence-electron chi connectivity index (χ4n) is 2.18. The fraction of sp³-hybridized carbons (Fsp3) is 0.235. The molecule has 2 nitrogen and oxygen atoms in total. The molecular weight excluding hydrogens is 296 g/mol. The van der Waals surface area contributed by atoms with Crippen LogP contribution in [0.1, 0.15) is 18.2 Å². The van der Waals surface area contributed by atoms with Crippen LogP contribution in [0, 0.1) is 0 Å². The highest BCUT2D eigenvalue weighted by Crippen LogP contribution is 2.35. The van der Waals surface area contributed by atoms with Gasteiger partial charge >= 0.3 is 0 Å². The second-order valence-electron chi connectivity index (χ2n) is 4.81. The first kappa shape index (κ1) is 14.4. The van der Waals surface area contributed by atoms with Crippen molar-refractivity contribution in [2.75, 3.05) is 6.54 Å². The summed E-state index contributed by atoms with van der Waals surface area (Å²) in [6.45, 7) is 4.12. The third-order valence-corrected chi connectivity index (χ3v) is 5.28. The van der Waals surface area contributed by atoms with E-state index >= 15 is 0 Å². The highest BCUT2D eigenvalue weighted by atomic mass is 32.1. The predicted octanol–water partition coefficient (Wildman–Crippen LogP) is 5.04. The van der Waals surface area contributed by atoms with Crippen molar-refractivity contribution in [1.29, 1.82) is 0 Å². The van der Waals surface area contributed by atoms with E-state index in [1.165, 1.54) is 15.3 Å². The Bertz CT molecular complexity index is 672. The summed E-state index contributed by atoms with van der Waals surface area (Å²) in [5.41, 5.74) is 2.32. The van der Waals surface area contributed by atoms with Gasteiger partial charge in [0, 0.05) is 17.0 Å². The molecule has 0 fully saturated rings. The Labute approximate surface area is 133 Å². The molecule has 21 heavy (non-hydrogen) atoms. The molecule has 0 radical (unpaired) electrons. The monoisotopic (exact) mass is 314 g/mol. The van der Waals surface area contributed by atoms with Crippen LogP contribution in [0.25, 0.3) is 21.1 Å². The van der Waals surface area contributed by atoms with E-state index < -0.39 is 0 Å². The highest BCUT2D eigenvalue weighted by molar-refractivity contribution is 7.21. The third kappa shape index (κ3) is 3.40. The molecule has 3 rings (SSSR count). The number of nitrogens with one attached hydrogen (secondary N) is 1. The van der Waals surface area contributed by atoms with Gasteiger partial charge in [0.25, 0.3) is 0 Å². The summed E-state index contributed by atoms with van der Waals surface area (Å²) in [4.78, 5) is 7.46. The van der Waals surface area contributed by atoms with Crippen LogP contribution in [-0.4, -0.2) is 11.5 Å². The molecule has 0 saturated carbocycles. The van der Waals surface area contributed by atoms with E-state index in [2.05, 4.69) is 54.0 Å². The van der Waals surface area contributed by atoms with Gasteiger partial charge in [0.15, 0.2) is 0 Å². The number of benzene rings is 1. The molecule has 3 aromatic rings. The Morgan fingerprint density at radius 2 is 1.95 bits per heavy atom. The molecule has 0 aliphatic heterocycles. The van der Waals surface area contributed by atoms with Gasteiger partial charge in [0.05, 0.1) is 10.6 Å².